The van der Waals surface area contributed by atoms with Gasteiger partial charge in [-0.1, -0.05) is 12.1 Å². The average molecular weight is 345 g/mol. The third-order valence-electron chi connectivity index (χ3n) is 3.50. The predicted molar refractivity (Wildman–Crippen MR) is 89.8 cm³/mol. The number of carbonyl (C=O) groups excluding carboxylic acids is 2. The van der Waals surface area contributed by atoms with E-state index in [0.29, 0.717) is 5.56 Å². The molecule has 130 valence electrons. The second-order valence-electron chi connectivity index (χ2n) is 5.46. The molecule has 2 aromatic rings. The Morgan fingerprint density at radius 2 is 1.92 bits per heavy atom. The van der Waals surface area contributed by atoms with Crippen LogP contribution in [-0.2, 0) is 4.79 Å². The highest BCUT2D eigenvalue weighted by Gasteiger charge is 2.18. The Hall–Kier alpha value is -3.29. The Kier molecular flexibility index (Phi) is 5.43. The van der Waals surface area contributed by atoms with Crippen molar-refractivity contribution in [2.45, 2.75) is 19.9 Å². The second-order valence-corrected chi connectivity index (χ2v) is 5.46. The molecule has 0 bridgehead atoms. The van der Waals surface area contributed by atoms with Crippen LogP contribution in [0.3, 0.4) is 0 Å². The molecule has 0 aromatic heterocycles. The summed E-state index contributed by atoms with van der Waals surface area (Å²) in [6.45, 7) is 3.05. The van der Waals surface area contributed by atoms with Crippen molar-refractivity contribution >= 4 is 23.2 Å². The smallest absolute Gasteiger partial charge is 0.270 e. The fourth-order valence-electron chi connectivity index (χ4n) is 2.03. The fraction of sp³-hybridized carbons (Fsp3) is 0.176. The van der Waals surface area contributed by atoms with Crippen molar-refractivity contribution in [3.05, 3.63) is 69.5 Å². The van der Waals surface area contributed by atoms with Crippen molar-refractivity contribution in [1.29, 1.82) is 0 Å². The van der Waals surface area contributed by atoms with Crippen LogP contribution >= 0.6 is 0 Å². The summed E-state index contributed by atoms with van der Waals surface area (Å²) in [4.78, 5) is 34.3. The van der Waals surface area contributed by atoms with Crippen molar-refractivity contribution in [2.75, 3.05) is 5.32 Å². The first kappa shape index (κ1) is 18.1. The number of rotatable bonds is 5. The standard InChI is InChI=1S/C17H16FN3O4/c1-10-6-7-13(9-15(10)18)20-16(22)11(2)19-17(23)12-4-3-5-14(8-12)21(24)25/h3-9,11H,1-2H3,(H,19,23)(H,20,22). The minimum Gasteiger partial charge on any atom is -0.341 e. The van der Waals surface area contributed by atoms with Gasteiger partial charge in [0.15, 0.2) is 0 Å². The third-order valence-corrected chi connectivity index (χ3v) is 3.50. The number of hydrogen-bond donors (Lipinski definition) is 2. The van der Waals surface area contributed by atoms with E-state index < -0.39 is 28.6 Å². The van der Waals surface area contributed by atoms with E-state index in [4.69, 9.17) is 0 Å². The Morgan fingerprint density at radius 1 is 1.20 bits per heavy atom. The van der Waals surface area contributed by atoms with Gasteiger partial charge in [0.1, 0.15) is 11.9 Å². The summed E-state index contributed by atoms with van der Waals surface area (Å²) >= 11 is 0. The van der Waals surface area contributed by atoms with Gasteiger partial charge in [-0.25, -0.2) is 4.39 Å². The molecule has 0 aliphatic heterocycles. The summed E-state index contributed by atoms with van der Waals surface area (Å²) in [6, 6.07) is 8.50. The Labute approximate surface area is 143 Å². The maximum atomic E-state index is 13.5. The number of nitro benzene ring substituents is 1. The highest BCUT2D eigenvalue weighted by molar-refractivity contribution is 6.01. The van der Waals surface area contributed by atoms with E-state index >= 15 is 0 Å². The summed E-state index contributed by atoms with van der Waals surface area (Å²) in [6.07, 6.45) is 0. The van der Waals surface area contributed by atoms with Crippen molar-refractivity contribution in [3.63, 3.8) is 0 Å². The largest absolute Gasteiger partial charge is 0.341 e. The normalized spacial score (nSPS) is 11.5. The molecule has 0 aliphatic carbocycles. The molecule has 0 saturated carbocycles. The lowest BCUT2D eigenvalue weighted by Crippen LogP contribution is -2.41. The van der Waals surface area contributed by atoms with E-state index in [-0.39, 0.29) is 16.9 Å². The Morgan fingerprint density at radius 3 is 2.56 bits per heavy atom. The van der Waals surface area contributed by atoms with E-state index in [1.54, 1.807) is 13.0 Å². The number of benzene rings is 2. The van der Waals surface area contributed by atoms with Gasteiger partial charge in [0.2, 0.25) is 5.91 Å². The fourth-order valence-corrected chi connectivity index (χ4v) is 2.03. The molecule has 7 nitrogen and oxygen atoms in total. The molecule has 0 fully saturated rings. The molecule has 8 heteroatoms. The molecule has 2 aromatic carbocycles. The number of anilines is 1. The van der Waals surface area contributed by atoms with Crippen molar-refractivity contribution in [3.8, 4) is 0 Å². The van der Waals surface area contributed by atoms with Crippen LogP contribution in [0, 0.1) is 22.9 Å². The van der Waals surface area contributed by atoms with Gasteiger partial charge >= 0.3 is 0 Å². The second kappa shape index (κ2) is 7.52. The molecule has 0 aliphatic rings. The number of nitrogens with one attached hydrogen (secondary N) is 2. The molecular formula is C17H16FN3O4. The van der Waals surface area contributed by atoms with Crippen LogP contribution < -0.4 is 10.6 Å². The lowest BCUT2D eigenvalue weighted by molar-refractivity contribution is -0.384. The van der Waals surface area contributed by atoms with E-state index in [1.807, 2.05) is 0 Å². The van der Waals surface area contributed by atoms with Crippen LogP contribution in [0.25, 0.3) is 0 Å². The first-order valence-electron chi connectivity index (χ1n) is 7.40. The topological polar surface area (TPSA) is 101 Å². The third kappa shape index (κ3) is 4.60. The maximum Gasteiger partial charge on any atom is 0.270 e. The Bertz CT molecular complexity index is 838. The van der Waals surface area contributed by atoms with Crippen LogP contribution in [0.1, 0.15) is 22.8 Å². The number of nitro groups is 1. The highest BCUT2D eigenvalue weighted by Crippen LogP contribution is 2.15. The van der Waals surface area contributed by atoms with Gasteiger partial charge in [0.25, 0.3) is 11.6 Å². The molecule has 25 heavy (non-hydrogen) atoms. The van der Waals surface area contributed by atoms with Gasteiger partial charge in [-0.2, -0.15) is 0 Å². The maximum absolute atomic E-state index is 13.5. The van der Waals surface area contributed by atoms with E-state index in [0.717, 1.165) is 6.07 Å². The molecule has 2 rings (SSSR count). The van der Waals surface area contributed by atoms with Crippen LogP contribution in [-0.4, -0.2) is 22.8 Å². The average Bonchev–Trinajstić information content (AvgIpc) is 2.58. The SMILES string of the molecule is Cc1ccc(NC(=O)C(C)NC(=O)c2cccc([N+](=O)[O-])c2)cc1F. The van der Waals surface area contributed by atoms with Crippen molar-refractivity contribution in [2.24, 2.45) is 0 Å². The van der Waals surface area contributed by atoms with Gasteiger partial charge in [-0.05, 0) is 37.6 Å². The highest BCUT2D eigenvalue weighted by atomic mass is 19.1. The summed E-state index contributed by atoms with van der Waals surface area (Å²) in [7, 11) is 0. The van der Waals surface area contributed by atoms with E-state index in [2.05, 4.69) is 10.6 Å². The quantitative estimate of drug-likeness (QED) is 0.642. The van der Waals surface area contributed by atoms with Gasteiger partial charge in [0, 0.05) is 23.4 Å². The number of carbonyl (C=O) groups is 2. The van der Waals surface area contributed by atoms with Crippen LogP contribution in [0.2, 0.25) is 0 Å². The number of non-ortho nitro benzene ring substituents is 1. The zero-order chi connectivity index (χ0) is 18.6. The van der Waals surface area contributed by atoms with Gasteiger partial charge in [0.05, 0.1) is 4.92 Å². The summed E-state index contributed by atoms with van der Waals surface area (Å²) in [5.74, 6) is -1.62. The molecule has 0 spiro atoms. The first-order chi connectivity index (χ1) is 11.8. The Balaban J connectivity index is 2.02. The molecule has 1 atom stereocenters. The van der Waals surface area contributed by atoms with Crippen molar-refractivity contribution in [1.82, 2.24) is 5.32 Å². The van der Waals surface area contributed by atoms with E-state index in [9.17, 15) is 24.1 Å². The predicted octanol–water partition coefficient (Wildman–Crippen LogP) is 2.80. The number of aryl methyl sites for hydroxylation is 1. The minimum atomic E-state index is -0.920. The molecule has 2 N–H and O–H groups in total. The zero-order valence-corrected chi connectivity index (χ0v) is 13.6. The molecule has 2 amide bonds. The molecule has 0 saturated heterocycles. The van der Waals surface area contributed by atoms with Gasteiger partial charge in [-0.3, -0.25) is 19.7 Å². The van der Waals surface area contributed by atoms with Crippen LogP contribution in [0.5, 0.6) is 0 Å². The van der Waals surface area contributed by atoms with Crippen LogP contribution in [0.4, 0.5) is 15.8 Å². The summed E-state index contributed by atoms with van der Waals surface area (Å²) < 4.78 is 13.5. The zero-order valence-electron chi connectivity index (χ0n) is 13.6. The first-order valence-corrected chi connectivity index (χ1v) is 7.40. The number of hydrogen-bond acceptors (Lipinski definition) is 4. The summed E-state index contributed by atoms with van der Waals surface area (Å²) in [5.41, 5.74) is 0.560. The van der Waals surface area contributed by atoms with Crippen LogP contribution in [0.15, 0.2) is 42.5 Å². The van der Waals surface area contributed by atoms with Gasteiger partial charge in [-0.15, -0.1) is 0 Å². The molecular weight excluding hydrogens is 329 g/mol. The van der Waals surface area contributed by atoms with Crippen molar-refractivity contribution < 1.29 is 18.9 Å². The number of halogens is 1. The number of amides is 2. The molecule has 0 heterocycles. The van der Waals surface area contributed by atoms with Gasteiger partial charge < -0.3 is 10.6 Å². The molecule has 1 unspecified atom stereocenters. The lowest BCUT2D eigenvalue weighted by Gasteiger charge is -2.14. The monoisotopic (exact) mass is 345 g/mol. The summed E-state index contributed by atoms with van der Waals surface area (Å²) in [5, 5.41) is 15.7. The van der Waals surface area contributed by atoms with E-state index in [1.165, 1.54) is 37.3 Å². The molecule has 0 radical (unpaired) electrons. The lowest BCUT2D eigenvalue weighted by atomic mass is 10.1. The number of nitrogens with zero attached hydrogens (tertiary/aromatic N) is 1. The minimum absolute atomic E-state index is 0.0650.